The van der Waals surface area contributed by atoms with Crippen LogP contribution in [0.25, 0.3) is 0 Å². The number of nitrogens with zero attached hydrogens (tertiary/aromatic N) is 1. The monoisotopic (exact) mass is 375 g/mol. The van der Waals surface area contributed by atoms with Gasteiger partial charge in [0, 0.05) is 25.3 Å². The summed E-state index contributed by atoms with van der Waals surface area (Å²) in [5.74, 6) is -0.497. The lowest BCUT2D eigenvalue weighted by atomic mass is 10.1. The molecule has 0 radical (unpaired) electrons. The number of methoxy groups -OCH3 is 1. The third-order valence-electron chi connectivity index (χ3n) is 4.32. The Morgan fingerprint density at radius 1 is 1.27 bits per heavy atom. The van der Waals surface area contributed by atoms with Crippen LogP contribution in [0.2, 0.25) is 0 Å². The Kier molecular flexibility index (Phi) is 5.90. The molecule has 2 heterocycles. The molecule has 3 rings (SSSR count). The fraction of sp³-hybridized carbons (Fsp3) is 0.368. The first-order chi connectivity index (χ1) is 12.6. The Balaban J connectivity index is 1.83. The maximum absolute atomic E-state index is 13.0. The third kappa shape index (κ3) is 4.23. The van der Waals surface area contributed by atoms with Crippen molar-refractivity contribution in [2.45, 2.75) is 25.5 Å². The highest BCUT2D eigenvalue weighted by molar-refractivity contribution is 7.15. The van der Waals surface area contributed by atoms with E-state index in [0.717, 1.165) is 35.5 Å². The van der Waals surface area contributed by atoms with Gasteiger partial charge in [-0.25, -0.2) is 4.79 Å². The normalized spacial score (nSPS) is 16.4. The van der Waals surface area contributed by atoms with Gasteiger partial charge in [-0.05, 0) is 31.0 Å². The largest absolute Gasteiger partial charge is 0.496 e. The number of carboxylic acid groups (broad SMARTS) is 1. The van der Waals surface area contributed by atoms with Crippen molar-refractivity contribution in [3.05, 3.63) is 51.7 Å². The minimum Gasteiger partial charge on any atom is -0.496 e. The number of para-hydroxylation sites is 1. The molecule has 1 aliphatic rings. The van der Waals surface area contributed by atoms with Crippen molar-refractivity contribution in [2.75, 3.05) is 20.3 Å². The van der Waals surface area contributed by atoms with Crippen molar-refractivity contribution in [2.24, 2.45) is 0 Å². The van der Waals surface area contributed by atoms with E-state index in [4.69, 9.17) is 14.6 Å². The molecule has 26 heavy (non-hydrogen) atoms. The van der Waals surface area contributed by atoms with Crippen molar-refractivity contribution in [3.63, 3.8) is 0 Å². The highest BCUT2D eigenvalue weighted by Crippen LogP contribution is 2.24. The topological polar surface area (TPSA) is 76.1 Å². The average Bonchev–Trinajstić information content (AvgIpc) is 3.33. The summed E-state index contributed by atoms with van der Waals surface area (Å²) >= 11 is 0.993. The predicted molar refractivity (Wildman–Crippen MR) is 98.0 cm³/mol. The summed E-state index contributed by atoms with van der Waals surface area (Å²) in [5, 5.41) is 9.10. The SMILES string of the molecule is COc1ccccc1CN(CC1CCCO1)C(=O)c1ccc(C(=O)O)s1. The van der Waals surface area contributed by atoms with Crippen LogP contribution in [-0.4, -0.2) is 48.2 Å². The molecule has 2 aromatic rings. The lowest BCUT2D eigenvalue weighted by Gasteiger charge is -2.26. The summed E-state index contributed by atoms with van der Waals surface area (Å²) < 4.78 is 11.1. The molecule has 6 nitrogen and oxygen atoms in total. The first-order valence-electron chi connectivity index (χ1n) is 8.44. The molecule has 1 aromatic heterocycles. The van der Waals surface area contributed by atoms with Crippen LogP contribution in [0.3, 0.4) is 0 Å². The van der Waals surface area contributed by atoms with E-state index in [9.17, 15) is 9.59 Å². The summed E-state index contributed by atoms with van der Waals surface area (Å²) in [6, 6.07) is 10.6. The van der Waals surface area contributed by atoms with Crippen LogP contribution >= 0.6 is 11.3 Å². The van der Waals surface area contributed by atoms with Crippen LogP contribution in [0.4, 0.5) is 0 Å². The molecule has 138 valence electrons. The Labute approximate surface area is 156 Å². The number of carbonyl (C=O) groups excluding carboxylic acids is 1. The number of thiophene rings is 1. The first-order valence-corrected chi connectivity index (χ1v) is 9.26. The van der Waals surface area contributed by atoms with Gasteiger partial charge in [0.15, 0.2) is 0 Å². The van der Waals surface area contributed by atoms with Gasteiger partial charge in [0.25, 0.3) is 5.91 Å². The summed E-state index contributed by atoms with van der Waals surface area (Å²) in [6.07, 6.45) is 1.91. The molecule has 0 saturated carbocycles. The Hall–Kier alpha value is -2.38. The van der Waals surface area contributed by atoms with Crippen molar-refractivity contribution in [3.8, 4) is 5.75 Å². The van der Waals surface area contributed by atoms with E-state index >= 15 is 0 Å². The van der Waals surface area contributed by atoms with E-state index in [1.807, 2.05) is 24.3 Å². The highest BCUT2D eigenvalue weighted by atomic mass is 32.1. The van der Waals surface area contributed by atoms with Gasteiger partial charge < -0.3 is 19.5 Å². The van der Waals surface area contributed by atoms with Crippen LogP contribution in [0.1, 0.15) is 37.7 Å². The van der Waals surface area contributed by atoms with Gasteiger partial charge in [-0.3, -0.25) is 4.79 Å². The zero-order chi connectivity index (χ0) is 18.5. The first kappa shape index (κ1) is 18.4. The lowest BCUT2D eigenvalue weighted by Crippen LogP contribution is -2.36. The number of hydrogen-bond acceptors (Lipinski definition) is 5. The molecular formula is C19H21NO5S. The molecule has 7 heteroatoms. The zero-order valence-corrected chi connectivity index (χ0v) is 15.3. The Morgan fingerprint density at radius 2 is 2.04 bits per heavy atom. The number of carbonyl (C=O) groups is 2. The molecule has 1 amide bonds. The smallest absolute Gasteiger partial charge is 0.345 e. The lowest BCUT2D eigenvalue weighted by molar-refractivity contribution is 0.0509. The molecule has 1 aliphatic heterocycles. The van der Waals surface area contributed by atoms with Crippen molar-refractivity contribution < 1.29 is 24.2 Å². The van der Waals surface area contributed by atoms with Crippen LogP contribution in [0, 0.1) is 0 Å². The number of carboxylic acids is 1. The van der Waals surface area contributed by atoms with E-state index in [-0.39, 0.29) is 16.9 Å². The van der Waals surface area contributed by atoms with Gasteiger partial charge in [-0.15, -0.1) is 11.3 Å². The van der Waals surface area contributed by atoms with Crippen molar-refractivity contribution >= 4 is 23.2 Å². The molecule has 1 unspecified atom stereocenters. The summed E-state index contributed by atoms with van der Waals surface area (Å²) in [7, 11) is 1.60. The molecule has 0 bridgehead atoms. The fourth-order valence-corrected chi connectivity index (χ4v) is 3.83. The summed E-state index contributed by atoms with van der Waals surface area (Å²) in [5.41, 5.74) is 0.899. The maximum Gasteiger partial charge on any atom is 0.345 e. The molecule has 1 atom stereocenters. The molecule has 1 N–H and O–H groups in total. The quantitative estimate of drug-likeness (QED) is 0.804. The second kappa shape index (κ2) is 8.33. The zero-order valence-electron chi connectivity index (χ0n) is 14.5. The molecule has 1 fully saturated rings. The average molecular weight is 375 g/mol. The third-order valence-corrected chi connectivity index (χ3v) is 5.38. The van der Waals surface area contributed by atoms with E-state index in [1.165, 1.54) is 6.07 Å². The van der Waals surface area contributed by atoms with E-state index < -0.39 is 5.97 Å². The molecule has 1 saturated heterocycles. The fourth-order valence-electron chi connectivity index (χ4n) is 3.02. The van der Waals surface area contributed by atoms with E-state index in [1.54, 1.807) is 18.1 Å². The second-order valence-electron chi connectivity index (χ2n) is 6.10. The van der Waals surface area contributed by atoms with Gasteiger partial charge in [0.05, 0.1) is 18.1 Å². The number of aromatic carboxylic acids is 1. The second-order valence-corrected chi connectivity index (χ2v) is 7.19. The van der Waals surface area contributed by atoms with Crippen LogP contribution < -0.4 is 4.74 Å². The van der Waals surface area contributed by atoms with E-state index in [2.05, 4.69) is 0 Å². The van der Waals surface area contributed by atoms with Crippen molar-refractivity contribution in [1.29, 1.82) is 0 Å². The van der Waals surface area contributed by atoms with Gasteiger partial charge in [0.1, 0.15) is 10.6 Å². The van der Waals surface area contributed by atoms with Gasteiger partial charge in [-0.1, -0.05) is 18.2 Å². The van der Waals surface area contributed by atoms with Crippen LogP contribution in [-0.2, 0) is 11.3 Å². The molecular weight excluding hydrogens is 354 g/mol. The van der Waals surface area contributed by atoms with Gasteiger partial charge in [-0.2, -0.15) is 0 Å². The minimum atomic E-state index is -1.02. The highest BCUT2D eigenvalue weighted by Gasteiger charge is 2.25. The number of hydrogen-bond donors (Lipinski definition) is 1. The summed E-state index contributed by atoms with van der Waals surface area (Å²) in [4.78, 5) is 26.4. The molecule has 0 aliphatic carbocycles. The number of ether oxygens (including phenoxy) is 2. The standard InChI is InChI=1S/C19H21NO5S/c1-24-15-7-3-2-5-13(15)11-20(12-14-6-4-10-25-14)18(21)16-8-9-17(26-16)19(22)23/h2-3,5,7-9,14H,4,6,10-12H2,1H3,(H,22,23). The van der Waals surface area contributed by atoms with Crippen LogP contribution in [0.15, 0.2) is 36.4 Å². The number of amides is 1. The van der Waals surface area contributed by atoms with E-state index in [0.29, 0.717) is 24.6 Å². The van der Waals surface area contributed by atoms with Crippen LogP contribution in [0.5, 0.6) is 5.75 Å². The number of rotatable bonds is 7. The summed E-state index contributed by atoms with van der Waals surface area (Å²) in [6.45, 7) is 1.56. The molecule has 0 spiro atoms. The Morgan fingerprint density at radius 3 is 2.69 bits per heavy atom. The maximum atomic E-state index is 13.0. The van der Waals surface area contributed by atoms with Gasteiger partial charge in [0.2, 0.25) is 0 Å². The predicted octanol–water partition coefficient (Wildman–Crippen LogP) is 3.28. The number of benzene rings is 1. The Bertz CT molecular complexity index is 782. The minimum absolute atomic E-state index is 0.00700. The van der Waals surface area contributed by atoms with Gasteiger partial charge >= 0.3 is 5.97 Å². The molecule has 1 aromatic carbocycles. The van der Waals surface area contributed by atoms with Crippen molar-refractivity contribution in [1.82, 2.24) is 4.90 Å².